The predicted octanol–water partition coefficient (Wildman–Crippen LogP) is 0.451. The molecule has 18 heavy (non-hydrogen) atoms. The van der Waals surface area contributed by atoms with E-state index in [1.807, 2.05) is 13.2 Å². The van der Waals surface area contributed by atoms with E-state index in [9.17, 15) is 0 Å². The van der Waals surface area contributed by atoms with Crippen molar-refractivity contribution in [2.45, 2.75) is 18.9 Å². The summed E-state index contributed by atoms with van der Waals surface area (Å²) in [5.74, 6) is 1.08. The fourth-order valence-corrected chi connectivity index (χ4v) is 2.14. The third-order valence-corrected chi connectivity index (χ3v) is 3.17. The maximum Gasteiger partial charge on any atom is 0.266 e. The van der Waals surface area contributed by atoms with Gasteiger partial charge in [-0.15, -0.1) is 0 Å². The standard InChI is InChI=1S/C11H16N6O/c1-16-7-8(6-13-16)9(12)10-14-11(15-18-10)17-4-2-3-5-17/h6-7,9H,2-5,12H2,1H3. The first-order valence-corrected chi connectivity index (χ1v) is 6.07. The summed E-state index contributed by atoms with van der Waals surface area (Å²) in [5.41, 5.74) is 6.94. The minimum absolute atomic E-state index is 0.414. The molecule has 0 aromatic carbocycles. The topological polar surface area (TPSA) is 86.0 Å². The van der Waals surface area contributed by atoms with Crippen LogP contribution in [0.4, 0.5) is 5.95 Å². The summed E-state index contributed by atoms with van der Waals surface area (Å²) in [6.45, 7) is 1.97. The van der Waals surface area contributed by atoms with Gasteiger partial charge in [-0.25, -0.2) is 0 Å². The van der Waals surface area contributed by atoms with Gasteiger partial charge in [0.15, 0.2) is 0 Å². The van der Waals surface area contributed by atoms with Crippen LogP contribution < -0.4 is 10.6 Å². The van der Waals surface area contributed by atoms with Gasteiger partial charge in [-0.05, 0) is 18.0 Å². The summed E-state index contributed by atoms with van der Waals surface area (Å²) in [4.78, 5) is 6.48. The number of hydrogen-bond donors (Lipinski definition) is 1. The predicted molar refractivity (Wildman–Crippen MR) is 65.0 cm³/mol. The van der Waals surface area contributed by atoms with Crippen molar-refractivity contribution >= 4 is 5.95 Å². The van der Waals surface area contributed by atoms with E-state index in [1.165, 1.54) is 12.8 Å². The van der Waals surface area contributed by atoms with Gasteiger partial charge in [0.25, 0.3) is 5.95 Å². The lowest BCUT2D eigenvalue weighted by atomic mass is 10.2. The van der Waals surface area contributed by atoms with Crippen molar-refractivity contribution in [3.63, 3.8) is 0 Å². The Morgan fingerprint density at radius 2 is 2.17 bits per heavy atom. The number of aromatic nitrogens is 4. The summed E-state index contributed by atoms with van der Waals surface area (Å²) >= 11 is 0. The molecule has 1 saturated heterocycles. The van der Waals surface area contributed by atoms with Crippen LogP contribution in [0.3, 0.4) is 0 Å². The van der Waals surface area contributed by atoms with Gasteiger partial charge in [0.1, 0.15) is 6.04 Å². The van der Waals surface area contributed by atoms with Gasteiger partial charge in [0.05, 0.1) is 6.20 Å². The number of anilines is 1. The number of hydrogen-bond acceptors (Lipinski definition) is 6. The molecule has 0 aliphatic carbocycles. The Morgan fingerprint density at radius 1 is 1.39 bits per heavy atom. The quantitative estimate of drug-likeness (QED) is 0.848. The Balaban J connectivity index is 1.80. The van der Waals surface area contributed by atoms with Crippen molar-refractivity contribution in [1.82, 2.24) is 19.9 Å². The van der Waals surface area contributed by atoms with Crippen LogP contribution in [-0.4, -0.2) is 33.0 Å². The third-order valence-electron chi connectivity index (χ3n) is 3.17. The highest BCUT2D eigenvalue weighted by atomic mass is 16.5. The Morgan fingerprint density at radius 3 is 2.83 bits per heavy atom. The lowest BCUT2D eigenvalue weighted by molar-refractivity contribution is 0.366. The average Bonchev–Trinajstić information content (AvgIpc) is 3.09. The van der Waals surface area contributed by atoms with Crippen molar-refractivity contribution in [3.05, 3.63) is 23.8 Å². The molecule has 2 aromatic heterocycles. The van der Waals surface area contributed by atoms with E-state index < -0.39 is 6.04 Å². The summed E-state index contributed by atoms with van der Waals surface area (Å²) < 4.78 is 6.94. The van der Waals surface area contributed by atoms with E-state index >= 15 is 0 Å². The molecule has 7 nitrogen and oxygen atoms in total. The van der Waals surface area contributed by atoms with E-state index in [0.29, 0.717) is 11.8 Å². The van der Waals surface area contributed by atoms with Crippen LogP contribution in [0.5, 0.6) is 0 Å². The second-order valence-electron chi connectivity index (χ2n) is 4.55. The molecule has 0 saturated carbocycles. The molecule has 7 heteroatoms. The number of nitrogens with zero attached hydrogens (tertiary/aromatic N) is 5. The molecule has 3 rings (SSSR count). The Labute approximate surface area is 105 Å². The van der Waals surface area contributed by atoms with E-state index in [-0.39, 0.29) is 0 Å². The van der Waals surface area contributed by atoms with Crippen molar-refractivity contribution in [1.29, 1.82) is 0 Å². The Hall–Kier alpha value is -1.89. The lowest BCUT2D eigenvalue weighted by Gasteiger charge is -2.10. The zero-order valence-corrected chi connectivity index (χ0v) is 10.3. The van der Waals surface area contributed by atoms with E-state index in [1.54, 1.807) is 10.9 Å². The zero-order chi connectivity index (χ0) is 12.5. The SMILES string of the molecule is Cn1cc(C(N)c2nc(N3CCCC3)no2)cn1. The Kier molecular flexibility index (Phi) is 2.75. The molecule has 0 radical (unpaired) electrons. The molecule has 2 aromatic rings. The first kappa shape index (κ1) is 11.2. The maximum absolute atomic E-state index is 6.07. The fourth-order valence-electron chi connectivity index (χ4n) is 2.14. The van der Waals surface area contributed by atoms with Gasteiger partial charge in [0.2, 0.25) is 5.89 Å². The molecule has 1 fully saturated rings. The molecule has 0 bridgehead atoms. The largest absolute Gasteiger partial charge is 0.338 e. The van der Waals surface area contributed by atoms with Crippen molar-refractivity contribution in [2.75, 3.05) is 18.0 Å². The van der Waals surface area contributed by atoms with Gasteiger partial charge < -0.3 is 15.2 Å². The van der Waals surface area contributed by atoms with Crippen LogP contribution in [-0.2, 0) is 7.05 Å². The minimum atomic E-state index is -0.414. The molecular formula is C11H16N6O. The second-order valence-corrected chi connectivity index (χ2v) is 4.55. The first-order valence-electron chi connectivity index (χ1n) is 6.07. The van der Waals surface area contributed by atoms with Gasteiger partial charge in [-0.2, -0.15) is 10.1 Å². The molecule has 0 amide bonds. The highest BCUT2D eigenvalue weighted by Gasteiger charge is 2.22. The summed E-state index contributed by atoms with van der Waals surface area (Å²) in [5, 5.41) is 8.07. The van der Waals surface area contributed by atoms with Crippen molar-refractivity contribution in [3.8, 4) is 0 Å². The summed E-state index contributed by atoms with van der Waals surface area (Å²) in [6, 6.07) is -0.414. The number of nitrogens with two attached hydrogens (primary N) is 1. The second kappa shape index (κ2) is 4.41. The van der Waals surface area contributed by atoms with Crippen LogP contribution in [0.1, 0.15) is 30.3 Å². The van der Waals surface area contributed by atoms with Gasteiger partial charge >= 0.3 is 0 Å². The Bertz CT molecular complexity index is 527. The fraction of sp³-hybridized carbons (Fsp3) is 0.545. The third kappa shape index (κ3) is 1.97. The normalized spacial score (nSPS) is 17.3. The molecule has 96 valence electrons. The van der Waals surface area contributed by atoms with Crippen LogP contribution >= 0.6 is 0 Å². The van der Waals surface area contributed by atoms with Gasteiger partial charge in [0, 0.05) is 31.9 Å². The maximum atomic E-state index is 6.07. The lowest BCUT2D eigenvalue weighted by Crippen LogP contribution is -2.19. The molecule has 1 unspecified atom stereocenters. The van der Waals surface area contributed by atoms with Crippen LogP contribution in [0, 0.1) is 0 Å². The van der Waals surface area contributed by atoms with Gasteiger partial charge in [-0.1, -0.05) is 0 Å². The highest BCUT2D eigenvalue weighted by molar-refractivity contribution is 5.30. The molecule has 1 aliphatic heterocycles. The van der Waals surface area contributed by atoms with Crippen LogP contribution in [0.15, 0.2) is 16.9 Å². The smallest absolute Gasteiger partial charge is 0.266 e. The molecular weight excluding hydrogens is 232 g/mol. The van der Waals surface area contributed by atoms with Gasteiger partial charge in [-0.3, -0.25) is 4.68 Å². The molecule has 2 N–H and O–H groups in total. The number of rotatable bonds is 3. The van der Waals surface area contributed by atoms with E-state index in [2.05, 4.69) is 20.1 Å². The monoisotopic (exact) mass is 248 g/mol. The van der Waals surface area contributed by atoms with Crippen molar-refractivity contribution in [2.24, 2.45) is 12.8 Å². The molecule has 1 atom stereocenters. The van der Waals surface area contributed by atoms with Crippen molar-refractivity contribution < 1.29 is 4.52 Å². The first-order chi connectivity index (χ1) is 8.74. The molecule has 3 heterocycles. The van der Waals surface area contributed by atoms with Crippen LogP contribution in [0.2, 0.25) is 0 Å². The highest BCUT2D eigenvalue weighted by Crippen LogP contribution is 2.21. The summed E-state index contributed by atoms with van der Waals surface area (Å²) in [6.07, 6.45) is 5.92. The van der Waals surface area contributed by atoms with E-state index in [4.69, 9.17) is 10.3 Å². The molecule has 1 aliphatic rings. The van der Waals surface area contributed by atoms with E-state index in [0.717, 1.165) is 18.7 Å². The minimum Gasteiger partial charge on any atom is -0.338 e. The summed E-state index contributed by atoms with van der Waals surface area (Å²) in [7, 11) is 1.85. The average molecular weight is 248 g/mol. The zero-order valence-electron chi connectivity index (χ0n) is 10.3. The molecule has 0 spiro atoms. The number of aryl methyl sites for hydroxylation is 1. The van der Waals surface area contributed by atoms with Crippen LogP contribution in [0.25, 0.3) is 0 Å².